The van der Waals surface area contributed by atoms with Crippen molar-refractivity contribution in [3.8, 4) is 0 Å². The van der Waals surface area contributed by atoms with Crippen LogP contribution >= 0.6 is 0 Å². The van der Waals surface area contributed by atoms with Gasteiger partial charge in [0.25, 0.3) is 0 Å². The fourth-order valence-corrected chi connectivity index (χ4v) is 1.42. The van der Waals surface area contributed by atoms with E-state index in [0.717, 1.165) is 4.90 Å². The van der Waals surface area contributed by atoms with Gasteiger partial charge in [-0.05, 0) is 20.8 Å². The minimum absolute atomic E-state index is 0.144. The maximum absolute atomic E-state index is 11.8. The number of carbonyl (C=O) groups is 3. The van der Waals surface area contributed by atoms with Crippen molar-refractivity contribution in [3.63, 3.8) is 0 Å². The van der Waals surface area contributed by atoms with Gasteiger partial charge in [0.05, 0.1) is 12.5 Å². The van der Waals surface area contributed by atoms with Crippen molar-refractivity contribution < 1.29 is 24.6 Å². The first-order chi connectivity index (χ1) is 7.64. The molecule has 0 spiro atoms. The third kappa shape index (κ3) is 3.70. The van der Waals surface area contributed by atoms with Crippen molar-refractivity contribution in [1.29, 1.82) is 0 Å². The van der Waals surface area contributed by atoms with Crippen LogP contribution in [0.2, 0.25) is 0 Å². The molecule has 1 atom stereocenters. The van der Waals surface area contributed by atoms with Crippen LogP contribution in [0.3, 0.4) is 0 Å². The zero-order valence-electron chi connectivity index (χ0n) is 10.1. The maximum Gasteiger partial charge on any atom is 0.329 e. The van der Waals surface area contributed by atoms with Gasteiger partial charge in [-0.1, -0.05) is 0 Å². The highest BCUT2D eigenvalue weighted by Crippen LogP contribution is 2.16. The summed E-state index contributed by atoms with van der Waals surface area (Å²) < 4.78 is 0. The Hall–Kier alpha value is -1.63. The van der Waals surface area contributed by atoms with Crippen LogP contribution in [-0.2, 0) is 14.4 Å². The summed E-state index contributed by atoms with van der Waals surface area (Å²) in [4.78, 5) is 34.4. The normalized spacial score (nSPS) is 12.9. The molecule has 0 aliphatic heterocycles. The number of carbonyl (C=O) groups excluding carboxylic acids is 1. The predicted molar refractivity (Wildman–Crippen MR) is 59.3 cm³/mol. The molecule has 0 bridgehead atoms. The fourth-order valence-electron chi connectivity index (χ4n) is 1.42. The summed E-state index contributed by atoms with van der Waals surface area (Å²) in [5.41, 5.74) is 4.01. The Bertz CT molecular complexity index is 327. The third-order valence-electron chi connectivity index (χ3n) is 2.49. The molecule has 1 unspecified atom stereocenters. The summed E-state index contributed by atoms with van der Waals surface area (Å²) in [6.45, 7) is 4.48. The van der Waals surface area contributed by atoms with Crippen molar-refractivity contribution in [2.75, 3.05) is 6.54 Å². The van der Waals surface area contributed by atoms with Crippen LogP contribution in [0, 0.1) is 0 Å². The van der Waals surface area contributed by atoms with Gasteiger partial charge in [-0.3, -0.25) is 9.59 Å². The van der Waals surface area contributed by atoms with E-state index in [1.807, 2.05) is 0 Å². The van der Waals surface area contributed by atoms with E-state index in [4.69, 9.17) is 15.9 Å². The minimum atomic E-state index is -1.41. The Balaban J connectivity index is 4.95. The van der Waals surface area contributed by atoms with Crippen LogP contribution in [0.4, 0.5) is 0 Å². The highest BCUT2D eigenvalue weighted by Gasteiger charge is 2.38. The molecule has 4 N–H and O–H groups in total. The standard InChI is InChI=1S/C10H18N2O5/c1-4-12(10(2,3)9(16)17)8(15)6(11)5-7(13)14/h6H,4-5,11H2,1-3H3,(H,13,14)(H,16,17). The van der Waals surface area contributed by atoms with Gasteiger partial charge in [0.2, 0.25) is 5.91 Å². The van der Waals surface area contributed by atoms with Crippen molar-refractivity contribution in [1.82, 2.24) is 4.90 Å². The molecule has 0 radical (unpaired) electrons. The third-order valence-corrected chi connectivity index (χ3v) is 2.49. The van der Waals surface area contributed by atoms with Crippen LogP contribution in [0.1, 0.15) is 27.2 Å². The van der Waals surface area contributed by atoms with Gasteiger partial charge < -0.3 is 20.8 Å². The largest absolute Gasteiger partial charge is 0.481 e. The molecule has 1 amide bonds. The van der Waals surface area contributed by atoms with Gasteiger partial charge in [0, 0.05) is 6.54 Å². The number of rotatable bonds is 6. The second kappa shape index (κ2) is 5.62. The van der Waals surface area contributed by atoms with E-state index >= 15 is 0 Å². The average molecular weight is 246 g/mol. The molecular weight excluding hydrogens is 228 g/mol. The summed E-state index contributed by atoms with van der Waals surface area (Å²) >= 11 is 0. The molecule has 0 heterocycles. The molecular formula is C10H18N2O5. The van der Waals surface area contributed by atoms with E-state index in [-0.39, 0.29) is 6.54 Å². The Kier molecular flexibility index (Phi) is 5.09. The highest BCUT2D eigenvalue weighted by molar-refractivity contribution is 5.91. The Morgan fingerprint density at radius 2 is 1.76 bits per heavy atom. The van der Waals surface area contributed by atoms with Crippen molar-refractivity contribution in [2.45, 2.75) is 38.8 Å². The molecule has 0 rings (SSSR count). The first kappa shape index (κ1) is 15.4. The van der Waals surface area contributed by atoms with Gasteiger partial charge >= 0.3 is 11.9 Å². The smallest absolute Gasteiger partial charge is 0.329 e. The molecule has 0 aliphatic carbocycles. The monoisotopic (exact) mass is 246 g/mol. The van der Waals surface area contributed by atoms with E-state index in [1.54, 1.807) is 6.92 Å². The van der Waals surface area contributed by atoms with E-state index in [9.17, 15) is 14.4 Å². The second-order valence-electron chi connectivity index (χ2n) is 4.15. The molecule has 0 saturated carbocycles. The first-order valence-electron chi connectivity index (χ1n) is 5.16. The molecule has 0 aromatic rings. The molecule has 7 nitrogen and oxygen atoms in total. The van der Waals surface area contributed by atoms with E-state index < -0.39 is 35.8 Å². The SMILES string of the molecule is CCN(C(=O)C(N)CC(=O)O)C(C)(C)C(=O)O. The number of nitrogens with zero attached hydrogens (tertiary/aromatic N) is 1. The Morgan fingerprint density at radius 1 is 1.29 bits per heavy atom. The number of carboxylic acids is 2. The van der Waals surface area contributed by atoms with Crippen LogP contribution in [0.15, 0.2) is 0 Å². The summed E-state index contributed by atoms with van der Waals surface area (Å²) in [5, 5.41) is 17.5. The molecule has 0 aromatic carbocycles. The van der Waals surface area contributed by atoms with Gasteiger partial charge in [-0.25, -0.2) is 4.79 Å². The van der Waals surface area contributed by atoms with Gasteiger partial charge in [-0.2, -0.15) is 0 Å². The summed E-state index contributed by atoms with van der Waals surface area (Å²) in [7, 11) is 0. The van der Waals surface area contributed by atoms with Crippen LogP contribution in [0.25, 0.3) is 0 Å². The minimum Gasteiger partial charge on any atom is -0.481 e. The topological polar surface area (TPSA) is 121 Å². The van der Waals surface area contributed by atoms with E-state index in [2.05, 4.69) is 0 Å². The Morgan fingerprint density at radius 3 is 2.06 bits per heavy atom. The highest BCUT2D eigenvalue weighted by atomic mass is 16.4. The fraction of sp³-hybridized carbons (Fsp3) is 0.700. The van der Waals surface area contributed by atoms with Gasteiger partial charge in [0.1, 0.15) is 5.54 Å². The molecule has 7 heteroatoms. The number of hydrogen-bond donors (Lipinski definition) is 3. The van der Waals surface area contributed by atoms with Crippen molar-refractivity contribution in [3.05, 3.63) is 0 Å². The quantitative estimate of drug-likeness (QED) is 0.581. The number of aliphatic carboxylic acids is 2. The van der Waals surface area contributed by atoms with Crippen LogP contribution in [0.5, 0.6) is 0 Å². The molecule has 98 valence electrons. The molecule has 0 saturated heterocycles. The van der Waals surface area contributed by atoms with Crippen molar-refractivity contribution in [2.24, 2.45) is 5.73 Å². The van der Waals surface area contributed by atoms with E-state index in [0.29, 0.717) is 0 Å². The number of nitrogens with two attached hydrogens (primary N) is 1. The lowest BCUT2D eigenvalue weighted by atomic mass is 10.0. The lowest BCUT2D eigenvalue weighted by Gasteiger charge is -2.35. The number of amides is 1. The number of likely N-dealkylation sites (N-methyl/N-ethyl adjacent to an activating group) is 1. The molecule has 0 fully saturated rings. The number of carboxylic acid groups (broad SMARTS) is 2. The average Bonchev–Trinajstić information content (AvgIpc) is 2.16. The van der Waals surface area contributed by atoms with Gasteiger partial charge in [0.15, 0.2) is 0 Å². The lowest BCUT2D eigenvalue weighted by molar-refractivity contribution is -0.157. The Labute approximate surface area is 99.2 Å². The molecule has 0 aliphatic rings. The zero-order chi connectivity index (χ0) is 13.8. The zero-order valence-corrected chi connectivity index (χ0v) is 10.1. The van der Waals surface area contributed by atoms with Gasteiger partial charge in [-0.15, -0.1) is 0 Å². The number of hydrogen-bond acceptors (Lipinski definition) is 4. The summed E-state index contributed by atoms with van der Waals surface area (Å²) in [6.07, 6.45) is -0.523. The molecule has 17 heavy (non-hydrogen) atoms. The van der Waals surface area contributed by atoms with Crippen molar-refractivity contribution >= 4 is 17.8 Å². The summed E-state index contributed by atoms with van der Waals surface area (Å²) in [5.74, 6) is -3.05. The lowest BCUT2D eigenvalue weighted by Crippen LogP contribution is -2.57. The van der Waals surface area contributed by atoms with E-state index in [1.165, 1.54) is 13.8 Å². The first-order valence-corrected chi connectivity index (χ1v) is 5.16. The summed E-state index contributed by atoms with van der Waals surface area (Å²) in [6, 6.07) is -1.23. The predicted octanol–water partition coefficient (Wildman–Crippen LogP) is -0.500. The molecule has 0 aromatic heterocycles. The second-order valence-corrected chi connectivity index (χ2v) is 4.15. The van der Waals surface area contributed by atoms with Crippen LogP contribution in [-0.4, -0.2) is 51.1 Å². The maximum atomic E-state index is 11.8. The van der Waals surface area contributed by atoms with Crippen LogP contribution < -0.4 is 5.73 Å².